The number of ketones is 3. The lowest BCUT2D eigenvalue weighted by atomic mass is 9.46. The number of hydrogen-bond donors (Lipinski definition) is 1. The van der Waals surface area contributed by atoms with Crippen molar-refractivity contribution in [1.29, 1.82) is 0 Å². The van der Waals surface area contributed by atoms with E-state index in [1.165, 1.54) is 51.4 Å². The molecule has 4 aliphatic carbocycles. The van der Waals surface area contributed by atoms with Crippen molar-refractivity contribution in [3.63, 3.8) is 0 Å². The first-order valence-electron chi connectivity index (χ1n) is 22.4. The largest absolute Gasteiger partial charge is 0.463 e. The van der Waals surface area contributed by atoms with E-state index in [1.807, 2.05) is 38.9 Å². The van der Waals surface area contributed by atoms with Gasteiger partial charge >= 0.3 is 11.9 Å². The average molecular weight is 808 g/mol. The van der Waals surface area contributed by atoms with E-state index in [4.69, 9.17) is 14.2 Å². The lowest BCUT2D eigenvalue weighted by Gasteiger charge is -2.56. The van der Waals surface area contributed by atoms with Crippen LogP contribution in [-0.4, -0.2) is 91.5 Å². The molecule has 1 unspecified atom stereocenters. The van der Waals surface area contributed by atoms with Crippen LogP contribution in [0.3, 0.4) is 0 Å². The van der Waals surface area contributed by atoms with Crippen molar-refractivity contribution in [3.8, 4) is 0 Å². The van der Waals surface area contributed by atoms with Crippen LogP contribution in [0.4, 0.5) is 0 Å². The molecule has 1 N–H and O–H groups in total. The molecule has 10 nitrogen and oxygen atoms in total. The smallest absolute Gasteiger partial charge is 0.306 e. The Hall–Kier alpha value is -3.21. The molecule has 0 aliphatic heterocycles. The SMILES string of the molecule is CCCCC/C=C\C/C=C\CCCCCCCCOC(COC(=O)CCC(=O)OCC(=O)[C@@]1(O)CC[C@H]2[C@@H]3CCC4=CC(=O)C=C[C@]4(C)[C@H]3C(=O)C[C@@]21C)CN(C)C. The van der Waals surface area contributed by atoms with Crippen LogP contribution in [0.5, 0.6) is 0 Å². The number of aliphatic hydroxyl groups is 1. The molecule has 0 spiro atoms. The summed E-state index contributed by atoms with van der Waals surface area (Å²) in [5.74, 6) is -2.37. The van der Waals surface area contributed by atoms with Crippen LogP contribution in [-0.2, 0) is 38.2 Å². The van der Waals surface area contributed by atoms with Crippen LogP contribution in [0.25, 0.3) is 0 Å². The molecule has 4 aliphatic rings. The number of ether oxygens (including phenoxy) is 3. The van der Waals surface area contributed by atoms with Crippen LogP contribution >= 0.6 is 0 Å². The molecule has 0 bridgehead atoms. The first-order chi connectivity index (χ1) is 27.7. The molecule has 0 heterocycles. The molecule has 10 heteroatoms. The lowest BCUT2D eigenvalue weighted by Crippen LogP contribution is -2.60. The number of carbonyl (C=O) groups excluding carboxylic acids is 5. The first kappa shape index (κ1) is 47.5. The second-order valence-electron chi connectivity index (χ2n) is 18.0. The summed E-state index contributed by atoms with van der Waals surface area (Å²) < 4.78 is 16.8. The predicted octanol–water partition coefficient (Wildman–Crippen LogP) is 8.40. The number of esters is 2. The minimum absolute atomic E-state index is 0.00492. The minimum Gasteiger partial charge on any atom is -0.463 e. The van der Waals surface area contributed by atoms with Crippen LogP contribution in [0.2, 0.25) is 0 Å². The number of rotatable bonds is 26. The van der Waals surface area contributed by atoms with Crippen molar-refractivity contribution in [1.82, 2.24) is 4.90 Å². The maximum absolute atomic E-state index is 13.9. The molecule has 0 aromatic heterocycles. The van der Waals surface area contributed by atoms with Crippen molar-refractivity contribution in [3.05, 3.63) is 48.1 Å². The van der Waals surface area contributed by atoms with Crippen LogP contribution in [0.1, 0.15) is 143 Å². The van der Waals surface area contributed by atoms with Gasteiger partial charge in [0.2, 0.25) is 5.78 Å². The number of allylic oxidation sites excluding steroid dienone is 8. The second-order valence-corrected chi connectivity index (χ2v) is 18.0. The third kappa shape index (κ3) is 12.7. The fraction of sp³-hybridized carbons (Fsp3) is 0.729. The summed E-state index contributed by atoms with van der Waals surface area (Å²) in [4.78, 5) is 66.7. The maximum atomic E-state index is 13.9. The highest BCUT2D eigenvalue weighted by Crippen LogP contribution is 2.66. The van der Waals surface area contributed by atoms with E-state index in [-0.39, 0.29) is 67.7 Å². The van der Waals surface area contributed by atoms with Crippen LogP contribution in [0.15, 0.2) is 48.1 Å². The molecule has 3 saturated carbocycles. The van der Waals surface area contributed by atoms with Gasteiger partial charge in [-0.1, -0.05) is 95.2 Å². The summed E-state index contributed by atoms with van der Waals surface area (Å²) >= 11 is 0. The molecule has 7 atom stereocenters. The zero-order valence-corrected chi connectivity index (χ0v) is 36.3. The standard InChI is InChI=1S/C48H73NO9/c1-6-7-8-9-10-11-12-13-14-15-16-17-18-19-20-21-30-56-38(33-49(4)5)34-57-43(53)24-25-44(54)58-35-42(52)48(55)29-27-40-39-23-22-36-31-37(50)26-28-46(36,2)45(39)41(51)32-47(40,48)3/h10-11,13-14,26,28,31,38-40,45,55H,6-9,12,15-25,27,29-30,32-35H2,1-5H3/b11-10-,14-13-/t38?,39-,40-,45+,46-,47-,48-/m0/s1. The number of hydrogen-bond acceptors (Lipinski definition) is 10. The Morgan fingerprint density at radius 2 is 1.55 bits per heavy atom. The van der Waals surface area contributed by atoms with Crippen molar-refractivity contribution in [2.24, 2.45) is 28.6 Å². The monoisotopic (exact) mass is 808 g/mol. The van der Waals surface area contributed by atoms with Crippen LogP contribution < -0.4 is 0 Å². The number of fused-ring (bicyclic) bond motifs is 5. The van der Waals surface area contributed by atoms with Crippen molar-refractivity contribution < 1.29 is 43.3 Å². The van der Waals surface area contributed by atoms with E-state index in [0.29, 0.717) is 32.4 Å². The number of likely N-dealkylation sites (N-methyl/N-ethyl adjacent to an activating group) is 1. The quantitative estimate of drug-likeness (QED) is 0.0516. The minimum atomic E-state index is -1.81. The Morgan fingerprint density at radius 1 is 0.897 bits per heavy atom. The second kappa shape index (κ2) is 23.0. The molecule has 3 fully saturated rings. The third-order valence-electron chi connectivity index (χ3n) is 13.5. The van der Waals surface area contributed by atoms with Crippen molar-refractivity contribution in [2.75, 3.05) is 40.5 Å². The molecule has 0 aromatic rings. The fourth-order valence-electron chi connectivity index (χ4n) is 10.2. The van der Waals surface area contributed by atoms with Gasteiger partial charge in [-0.05, 0) is 102 Å². The van der Waals surface area contributed by atoms with E-state index < -0.39 is 40.8 Å². The van der Waals surface area contributed by atoms with Gasteiger partial charge in [0.1, 0.15) is 24.1 Å². The van der Waals surface area contributed by atoms with Gasteiger partial charge in [0.15, 0.2) is 12.4 Å². The summed E-state index contributed by atoms with van der Waals surface area (Å²) in [5.41, 5.74) is -2.35. The molecule has 0 radical (unpaired) electrons. The number of nitrogens with zero attached hydrogens (tertiary/aromatic N) is 1. The molecular weight excluding hydrogens is 735 g/mol. The highest BCUT2D eigenvalue weighted by Gasteiger charge is 2.68. The van der Waals surface area contributed by atoms with E-state index in [1.54, 1.807) is 12.2 Å². The van der Waals surface area contributed by atoms with Gasteiger partial charge in [-0.3, -0.25) is 24.0 Å². The molecular formula is C48H73NO9. The average Bonchev–Trinajstić information content (AvgIpc) is 3.46. The summed E-state index contributed by atoms with van der Waals surface area (Å²) in [6, 6.07) is 0. The third-order valence-corrected chi connectivity index (χ3v) is 13.5. The van der Waals surface area contributed by atoms with E-state index in [0.717, 1.165) is 31.3 Å². The zero-order valence-electron chi connectivity index (χ0n) is 36.3. The maximum Gasteiger partial charge on any atom is 0.306 e. The number of unbranched alkanes of at least 4 members (excludes halogenated alkanes) is 9. The summed E-state index contributed by atoms with van der Waals surface area (Å²) in [5, 5.41) is 11.9. The van der Waals surface area contributed by atoms with Crippen molar-refractivity contribution >= 4 is 29.3 Å². The Bertz CT molecular complexity index is 1530. The topological polar surface area (TPSA) is 137 Å². The molecule has 324 valence electrons. The summed E-state index contributed by atoms with van der Waals surface area (Å²) in [6.07, 6.45) is 29.8. The highest BCUT2D eigenvalue weighted by molar-refractivity contribution is 6.02. The predicted molar refractivity (Wildman–Crippen MR) is 226 cm³/mol. The summed E-state index contributed by atoms with van der Waals surface area (Å²) in [7, 11) is 3.87. The van der Waals surface area contributed by atoms with Gasteiger partial charge < -0.3 is 24.2 Å². The normalized spacial score (nSPS) is 28.4. The Balaban J connectivity index is 1.10. The number of Topliss-reactive ketones (excluding diaryl/α,β-unsaturated/α-hetero) is 2. The van der Waals surface area contributed by atoms with Crippen molar-refractivity contribution in [2.45, 2.75) is 154 Å². The zero-order chi connectivity index (χ0) is 42.2. The summed E-state index contributed by atoms with van der Waals surface area (Å²) in [6.45, 7) is 6.71. The van der Waals surface area contributed by atoms with Crippen LogP contribution in [0, 0.1) is 28.6 Å². The van der Waals surface area contributed by atoms with Gasteiger partial charge in [-0.2, -0.15) is 0 Å². The molecule has 0 aromatic carbocycles. The van der Waals surface area contributed by atoms with Gasteiger partial charge in [0.25, 0.3) is 0 Å². The van der Waals surface area contributed by atoms with E-state index >= 15 is 0 Å². The van der Waals surface area contributed by atoms with E-state index in [9.17, 15) is 29.1 Å². The molecule has 58 heavy (non-hydrogen) atoms. The molecule has 4 rings (SSSR count). The number of carbonyl (C=O) groups is 5. The Labute approximate surface area is 348 Å². The van der Waals surface area contributed by atoms with Gasteiger partial charge in [-0.15, -0.1) is 0 Å². The van der Waals surface area contributed by atoms with Gasteiger partial charge in [0, 0.05) is 36.3 Å². The first-order valence-corrected chi connectivity index (χ1v) is 22.4. The lowest BCUT2D eigenvalue weighted by molar-refractivity contribution is -0.172. The Morgan fingerprint density at radius 3 is 2.24 bits per heavy atom. The Kier molecular flexibility index (Phi) is 18.8. The van der Waals surface area contributed by atoms with Gasteiger partial charge in [0.05, 0.1) is 12.8 Å². The highest BCUT2D eigenvalue weighted by atomic mass is 16.6. The van der Waals surface area contributed by atoms with E-state index in [2.05, 4.69) is 31.2 Å². The molecule has 0 amide bonds. The van der Waals surface area contributed by atoms with Gasteiger partial charge in [-0.25, -0.2) is 0 Å². The fourth-order valence-corrected chi connectivity index (χ4v) is 10.2. The molecule has 0 saturated heterocycles.